The largest absolute Gasteiger partial charge is 0.351 e. The molecule has 5 fully saturated rings. The van der Waals surface area contributed by atoms with Crippen molar-refractivity contribution in [2.45, 2.75) is 102 Å². The average molecular weight is 375 g/mol. The van der Waals surface area contributed by atoms with Crippen molar-refractivity contribution in [3.8, 4) is 0 Å². The molecule has 27 heavy (non-hydrogen) atoms. The summed E-state index contributed by atoms with van der Waals surface area (Å²) in [7, 11) is 0. The maximum Gasteiger partial charge on any atom is 0.229 e. The van der Waals surface area contributed by atoms with Crippen LogP contribution in [0, 0.1) is 17.3 Å². The summed E-state index contributed by atoms with van der Waals surface area (Å²) in [6.07, 6.45) is 17.9. The van der Waals surface area contributed by atoms with Crippen molar-refractivity contribution in [2.24, 2.45) is 17.3 Å². The van der Waals surface area contributed by atoms with Crippen LogP contribution in [-0.4, -0.2) is 35.3 Å². The van der Waals surface area contributed by atoms with Crippen molar-refractivity contribution in [1.82, 2.24) is 10.2 Å². The summed E-state index contributed by atoms with van der Waals surface area (Å²) < 4.78 is 0. The molecule has 5 rings (SSSR count). The van der Waals surface area contributed by atoms with E-state index >= 15 is 0 Å². The Balaban J connectivity index is 1.24. The first kappa shape index (κ1) is 19.3. The second kappa shape index (κ2) is 7.75. The van der Waals surface area contributed by atoms with Crippen molar-refractivity contribution in [3.05, 3.63) is 0 Å². The first-order valence-electron chi connectivity index (χ1n) is 11.6. The van der Waals surface area contributed by atoms with Gasteiger partial charge in [-0.2, -0.15) is 0 Å². The zero-order valence-corrected chi connectivity index (χ0v) is 17.2. The zero-order chi connectivity index (χ0) is 18.9. The number of carbonyl (C=O) groups is 2. The predicted molar refractivity (Wildman–Crippen MR) is 107 cm³/mol. The number of piperidine rings is 1. The van der Waals surface area contributed by atoms with Crippen molar-refractivity contribution >= 4 is 11.8 Å². The minimum Gasteiger partial charge on any atom is -0.351 e. The number of likely N-dealkylation sites (tertiary alicyclic amines) is 1. The highest BCUT2D eigenvalue weighted by Gasteiger charge is 2.72. The minimum absolute atomic E-state index is 0.0319. The highest BCUT2D eigenvalue weighted by atomic mass is 16.2. The van der Waals surface area contributed by atoms with E-state index in [-0.39, 0.29) is 16.9 Å². The first-order valence-corrected chi connectivity index (χ1v) is 11.6. The number of rotatable bonds is 3. The van der Waals surface area contributed by atoms with Crippen LogP contribution in [0.15, 0.2) is 0 Å². The highest BCUT2D eigenvalue weighted by molar-refractivity contribution is 5.88. The molecule has 2 amide bonds. The van der Waals surface area contributed by atoms with Gasteiger partial charge in [-0.25, -0.2) is 0 Å². The third-order valence-corrected chi connectivity index (χ3v) is 8.07. The summed E-state index contributed by atoms with van der Waals surface area (Å²) in [6.45, 7) is 3.52. The van der Waals surface area contributed by atoms with Crippen LogP contribution < -0.4 is 5.32 Å². The molecule has 152 valence electrons. The molecule has 1 heterocycles. The highest BCUT2D eigenvalue weighted by Crippen LogP contribution is 2.68. The molecule has 0 aromatic heterocycles. The maximum atomic E-state index is 13.0. The average Bonchev–Trinajstić information content (AvgIpc) is 2.61. The summed E-state index contributed by atoms with van der Waals surface area (Å²) in [5, 5.41) is 3.07. The molecule has 0 unspecified atom stereocenters. The van der Waals surface area contributed by atoms with Gasteiger partial charge < -0.3 is 10.2 Å². The standard InChI is InChI=1S/C23H38N2O2/c1-18(26)24-23-15-22(16-23,17-23)21(27)25-13-11-20(12-14-25)19-9-7-5-3-2-4-6-8-10-19/h19-20H,2-17H2,1H3,(H,24,26). The molecule has 0 aromatic rings. The lowest BCUT2D eigenvalue weighted by molar-refractivity contribution is -0.194. The summed E-state index contributed by atoms with van der Waals surface area (Å²) >= 11 is 0. The van der Waals surface area contributed by atoms with Gasteiger partial charge in [0.05, 0.1) is 5.41 Å². The number of nitrogens with one attached hydrogen (secondary N) is 1. The van der Waals surface area contributed by atoms with Gasteiger partial charge in [0.2, 0.25) is 11.8 Å². The molecule has 0 spiro atoms. The van der Waals surface area contributed by atoms with Crippen molar-refractivity contribution in [3.63, 3.8) is 0 Å². The summed E-state index contributed by atoms with van der Waals surface area (Å²) in [5.74, 6) is 2.17. The first-order chi connectivity index (χ1) is 13.0. The van der Waals surface area contributed by atoms with Gasteiger partial charge in [0.1, 0.15) is 0 Å². The second-order valence-corrected chi connectivity index (χ2v) is 10.2. The van der Waals surface area contributed by atoms with Crippen LogP contribution in [0.4, 0.5) is 0 Å². The lowest BCUT2D eigenvalue weighted by atomic mass is 9.39. The van der Waals surface area contributed by atoms with Gasteiger partial charge in [-0.15, -0.1) is 0 Å². The Bertz CT molecular complexity index is 535. The minimum atomic E-state index is -0.119. The zero-order valence-electron chi connectivity index (χ0n) is 17.2. The number of nitrogens with zero attached hydrogens (tertiary/aromatic N) is 1. The molecule has 0 aromatic carbocycles. The molecule has 0 radical (unpaired) electrons. The van der Waals surface area contributed by atoms with Crippen LogP contribution in [0.25, 0.3) is 0 Å². The van der Waals surface area contributed by atoms with Gasteiger partial charge in [0.15, 0.2) is 0 Å². The van der Waals surface area contributed by atoms with Crippen LogP contribution in [0.5, 0.6) is 0 Å². The molecule has 1 N–H and O–H groups in total. The molecule has 5 aliphatic rings. The molecule has 1 saturated heterocycles. The van der Waals surface area contributed by atoms with E-state index in [1.807, 2.05) is 0 Å². The molecule has 4 aliphatic carbocycles. The van der Waals surface area contributed by atoms with Crippen LogP contribution in [-0.2, 0) is 9.59 Å². The van der Waals surface area contributed by atoms with Gasteiger partial charge in [0, 0.05) is 25.6 Å². The van der Waals surface area contributed by atoms with Crippen molar-refractivity contribution < 1.29 is 9.59 Å². The molecule has 2 bridgehead atoms. The molecular weight excluding hydrogens is 336 g/mol. The quantitative estimate of drug-likeness (QED) is 0.795. The van der Waals surface area contributed by atoms with Crippen LogP contribution in [0.2, 0.25) is 0 Å². The Labute approximate surface area is 164 Å². The smallest absolute Gasteiger partial charge is 0.229 e. The fraction of sp³-hybridized carbons (Fsp3) is 0.913. The normalized spacial score (nSPS) is 35.7. The maximum absolute atomic E-state index is 13.0. The van der Waals surface area contributed by atoms with Crippen LogP contribution in [0.1, 0.15) is 96.8 Å². The SMILES string of the molecule is CC(=O)NC12CC(C(=O)N3CCC(C4CCCCCCCCC4)CC3)(C1)C2. The third-order valence-electron chi connectivity index (χ3n) is 8.07. The van der Waals surface area contributed by atoms with Crippen LogP contribution >= 0.6 is 0 Å². The van der Waals surface area contributed by atoms with Gasteiger partial charge in [-0.05, 0) is 43.9 Å². The van der Waals surface area contributed by atoms with Gasteiger partial charge in [0.25, 0.3) is 0 Å². The molecule has 0 atom stereocenters. The Kier molecular flexibility index (Phi) is 5.53. The molecule has 1 aliphatic heterocycles. The Morgan fingerprint density at radius 3 is 1.78 bits per heavy atom. The number of carbonyl (C=O) groups excluding carboxylic acids is 2. The fourth-order valence-electron chi connectivity index (χ4n) is 6.74. The van der Waals surface area contributed by atoms with E-state index in [1.54, 1.807) is 6.92 Å². The van der Waals surface area contributed by atoms with Gasteiger partial charge in [-0.3, -0.25) is 9.59 Å². The van der Waals surface area contributed by atoms with E-state index in [0.29, 0.717) is 5.91 Å². The van der Waals surface area contributed by atoms with Gasteiger partial charge in [-0.1, -0.05) is 57.8 Å². The lowest BCUT2D eigenvalue weighted by Crippen LogP contribution is -2.78. The number of amides is 2. The predicted octanol–water partition coefficient (Wildman–Crippen LogP) is 4.42. The fourth-order valence-corrected chi connectivity index (χ4v) is 6.74. The third kappa shape index (κ3) is 3.91. The van der Waals surface area contributed by atoms with E-state index in [4.69, 9.17) is 0 Å². The Morgan fingerprint density at radius 1 is 0.778 bits per heavy atom. The monoisotopic (exact) mass is 374 g/mol. The van der Waals surface area contributed by atoms with E-state index in [9.17, 15) is 9.59 Å². The summed E-state index contributed by atoms with van der Waals surface area (Å²) in [6, 6.07) is 0. The van der Waals surface area contributed by atoms with E-state index < -0.39 is 0 Å². The van der Waals surface area contributed by atoms with Crippen molar-refractivity contribution in [2.75, 3.05) is 13.1 Å². The van der Waals surface area contributed by atoms with Gasteiger partial charge >= 0.3 is 0 Å². The van der Waals surface area contributed by atoms with E-state index in [1.165, 1.54) is 70.6 Å². The summed E-state index contributed by atoms with van der Waals surface area (Å²) in [4.78, 5) is 26.5. The molecule has 4 heteroatoms. The van der Waals surface area contributed by atoms with E-state index in [2.05, 4.69) is 10.2 Å². The van der Waals surface area contributed by atoms with Crippen molar-refractivity contribution in [1.29, 1.82) is 0 Å². The second-order valence-electron chi connectivity index (χ2n) is 10.2. The molecule has 4 saturated carbocycles. The lowest BCUT2D eigenvalue weighted by Gasteiger charge is -2.70. The van der Waals surface area contributed by atoms with Crippen LogP contribution in [0.3, 0.4) is 0 Å². The Hall–Kier alpha value is -1.06. The Morgan fingerprint density at radius 2 is 1.26 bits per heavy atom. The number of hydrogen-bond donors (Lipinski definition) is 1. The molecular formula is C23H38N2O2. The number of hydrogen-bond acceptors (Lipinski definition) is 2. The molecule has 4 nitrogen and oxygen atoms in total. The topological polar surface area (TPSA) is 49.4 Å². The van der Waals surface area contributed by atoms with E-state index in [0.717, 1.165) is 44.2 Å². The summed E-state index contributed by atoms with van der Waals surface area (Å²) in [5.41, 5.74) is -0.151.